The van der Waals surface area contributed by atoms with E-state index in [4.69, 9.17) is 0 Å². The molecule has 0 saturated carbocycles. The molecule has 2 heterocycles. The molecule has 2 aromatic heterocycles. The van der Waals surface area contributed by atoms with E-state index < -0.39 is 22.0 Å². The average molecular weight is 436 g/mol. The van der Waals surface area contributed by atoms with Crippen LogP contribution in [0.3, 0.4) is 0 Å². The van der Waals surface area contributed by atoms with Gasteiger partial charge in [-0.1, -0.05) is 42.5 Å². The first-order valence-electron chi connectivity index (χ1n) is 9.57. The number of nitrogens with one attached hydrogen (secondary N) is 2. The molecule has 4 rings (SSSR count). The van der Waals surface area contributed by atoms with E-state index in [0.717, 1.165) is 27.9 Å². The number of carbonyl (C=O) groups is 1. The van der Waals surface area contributed by atoms with E-state index in [2.05, 4.69) is 19.7 Å². The fourth-order valence-corrected chi connectivity index (χ4v) is 4.51. The summed E-state index contributed by atoms with van der Waals surface area (Å²) >= 11 is 0. The van der Waals surface area contributed by atoms with Crippen molar-refractivity contribution in [1.29, 1.82) is 0 Å². The predicted molar refractivity (Wildman–Crippen MR) is 115 cm³/mol. The minimum Gasteiger partial charge on any atom is -0.480 e. The van der Waals surface area contributed by atoms with Gasteiger partial charge in [-0.3, -0.25) is 9.78 Å². The number of benzene rings is 2. The Morgan fingerprint density at radius 2 is 1.74 bits per heavy atom. The summed E-state index contributed by atoms with van der Waals surface area (Å²) in [4.78, 5) is 23.3. The summed E-state index contributed by atoms with van der Waals surface area (Å²) in [6.45, 7) is 0. The van der Waals surface area contributed by atoms with Crippen molar-refractivity contribution in [2.24, 2.45) is 0 Å². The third-order valence-corrected chi connectivity index (χ3v) is 6.38. The van der Waals surface area contributed by atoms with Gasteiger partial charge in [-0.15, -0.1) is 0 Å². The van der Waals surface area contributed by atoms with Crippen LogP contribution in [-0.4, -0.2) is 40.5 Å². The molecule has 0 aliphatic heterocycles. The Morgan fingerprint density at radius 3 is 2.45 bits per heavy atom. The minimum absolute atomic E-state index is 0.00139. The molecule has 0 spiro atoms. The molecular weight excluding hydrogens is 416 g/mol. The summed E-state index contributed by atoms with van der Waals surface area (Å²) < 4.78 is 27.8. The van der Waals surface area contributed by atoms with Gasteiger partial charge in [0, 0.05) is 12.6 Å². The van der Waals surface area contributed by atoms with E-state index in [-0.39, 0.29) is 11.3 Å². The van der Waals surface area contributed by atoms with Crippen molar-refractivity contribution in [1.82, 2.24) is 19.7 Å². The van der Waals surface area contributed by atoms with Crippen molar-refractivity contribution in [3.63, 3.8) is 0 Å². The van der Waals surface area contributed by atoms with Gasteiger partial charge in [0.1, 0.15) is 11.6 Å². The first-order valence-corrected chi connectivity index (χ1v) is 11.1. The van der Waals surface area contributed by atoms with Crippen LogP contribution in [0.5, 0.6) is 0 Å². The fourth-order valence-electron chi connectivity index (χ4n) is 3.32. The molecule has 1 atom stereocenters. The summed E-state index contributed by atoms with van der Waals surface area (Å²) in [5.74, 6) is -1.23. The zero-order valence-corrected chi connectivity index (χ0v) is 17.2. The molecule has 0 fully saturated rings. The van der Waals surface area contributed by atoms with Crippen LogP contribution >= 0.6 is 0 Å². The van der Waals surface area contributed by atoms with Crippen LogP contribution in [0, 0.1) is 0 Å². The van der Waals surface area contributed by atoms with Crippen LogP contribution < -0.4 is 4.72 Å². The quantitative estimate of drug-likeness (QED) is 0.390. The lowest BCUT2D eigenvalue weighted by atomic mass is 10.1. The predicted octanol–water partition coefficient (Wildman–Crippen LogP) is 2.52. The van der Waals surface area contributed by atoms with Gasteiger partial charge in [-0.25, -0.2) is 13.4 Å². The molecule has 4 aromatic rings. The largest absolute Gasteiger partial charge is 0.480 e. The number of H-pyrrole nitrogens is 1. The molecule has 158 valence electrons. The zero-order valence-electron chi connectivity index (χ0n) is 16.4. The summed E-state index contributed by atoms with van der Waals surface area (Å²) in [6, 6.07) is 15.7. The normalized spacial score (nSPS) is 12.6. The van der Waals surface area contributed by atoms with Crippen LogP contribution in [0.4, 0.5) is 0 Å². The van der Waals surface area contributed by atoms with E-state index in [1.165, 1.54) is 12.1 Å². The highest BCUT2D eigenvalue weighted by Gasteiger charge is 2.25. The Kier molecular flexibility index (Phi) is 5.79. The molecule has 0 radical (unpaired) electrons. The number of aromatic nitrogens is 3. The molecule has 3 N–H and O–H groups in total. The number of nitrogens with zero attached hydrogens (tertiary/aromatic N) is 2. The van der Waals surface area contributed by atoms with Crippen LogP contribution in [0.2, 0.25) is 0 Å². The number of hydrogen-bond donors (Lipinski definition) is 3. The number of fused-ring (bicyclic) bond motifs is 1. The first kappa shape index (κ1) is 20.7. The molecular formula is C22H20N4O4S. The van der Waals surface area contributed by atoms with Crippen molar-refractivity contribution in [3.8, 4) is 0 Å². The Balaban J connectivity index is 1.50. The van der Waals surface area contributed by atoms with Crippen LogP contribution in [0.15, 0.2) is 78.1 Å². The SMILES string of the molecule is O=C(O)[C@H](Cc1ccccc1)NS(=O)(=O)c1ccc(Cc2nccc3[nH]cnc23)cc1. The van der Waals surface area contributed by atoms with E-state index in [1.54, 1.807) is 48.9 Å². The van der Waals surface area contributed by atoms with E-state index >= 15 is 0 Å². The number of rotatable bonds is 8. The molecule has 0 aliphatic rings. The minimum atomic E-state index is -4.00. The number of carboxylic acids is 1. The van der Waals surface area contributed by atoms with Gasteiger partial charge in [-0.05, 0) is 35.7 Å². The first-order chi connectivity index (χ1) is 14.9. The summed E-state index contributed by atoms with van der Waals surface area (Å²) in [5, 5.41) is 9.48. The molecule has 8 nitrogen and oxygen atoms in total. The molecule has 0 amide bonds. The van der Waals surface area contributed by atoms with Gasteiger partial charge in [0.2, 0.25) is 10.0 Å². The lowest BCUT2D eigenvalue weighted by Crippen LogP contribution is -2.42. The smallest absolute Gasteiger partial charge is 0.322 e. The number of carboxylic acid groups (broad SMARTS) is 1. The van der Waals surface area contributed by atoms with E-state index in [1.807, 2.05) is 12.1 Å². The van der Waals surface area contributed by atoms with Gasteiger partial charge in [0.15, 0.2) is 0 Å². The Morgan fingerprint density at radius 1 is 1.00 bits per heavy atom. The summed E-state index contributed by atoms with van der Waals surface area (Å²) in [7, 11) is -4.00. The lowest BCUT2D eigenvalue weighted by Gasteiger charge is -2.15. The zero-order chi connectivity index (χ0) is 21.8. The van der Waals surface area contributed by atoms with E-state index in [0.29, 0.717) is 6.42 Å². The van der Waals surface area contributed by atoms with Gasteiger partial charge >= 0.3 is 5.97 Å². The highest BCUT2D eigenvalue weighted by molar-refractivity contribution is 7.89. The van der Waals surface area contributed by atoms with Crippen LogP contribution in [0.25, 0.3) is 11.0 Å². The summed E-state index contributed by atoms with van der Waals surface area (Å²) in [6.07, 6.45) is 3.83. The van der Waals surface area contributed by atoms with Crippen LogP contribution in [0.1, 0.15) is 16.8 Å². The number of hydrogen-bond acceptors (Lipinski definition) is 5. The van der Waals surface area contributed by atoms with Crippen molar-refractivity contribution in [2.45, 2.75) is 23.8 Å². The molecule has 0 unspecified atom stereocenters. The monoisotopic (exact) mass is 436 g/mol. The Labute approximate surface area is 179 Å². The van der Waals surface area contributed by atoms with Crippen molar-refractivity contribution in [2.75, 3.05) is 0 Å². The number of aromatic amines is 1. The number of aliphatic carboxylic acids is 1. The standard InChI is InChI=1S/C22H20N4O4S/c27-22(28)20(13-15-4-2-1-3-5-15)26-31(29,30)17-8-6-16(7-9-17)12-19-21-18(10-11-23-19)24-14-25-21/h1-11,14,20,26H,12-13H2,(H,24,25)(H,27,28)/t20-/m0/s1. The Hall–Kier alpha value is -3.56. The number of sulfonamides is 1. The van der Waals surface area contributed by atoms with Gasteiger partial charge in [0.05, 0.1) is 22.4 Å². The van der Waals surface area contributed by atoms with Crippen molar-refractivity contribution < 1.29 is 18.3 Å². The molecule has 0 aliphatic carbocycles. The van der Waals surface area contributed by atoms with Gasteiger partial charge in [-0.2, -0.15) is 4.72 Å². The summed E-state index contributed by atoms with van der Waals surface area (Å²) in [5.41, 5.74) is 4.02. The Bertz CT molecular complexity index is 1300. The third-order valence-electron chi connectivity index (χ3n) is 4.90. The topological polar surface area (TPSA) is 125 Å². The fraction of sp³-hybridized carbons (Fsp3) is 0.136. The maximum atomic E-state index is 12.7. The van der Waals surface area contributed by atoms with Gasteiger partial charge in [0.25, 0.3) is 0 Å². The highest BCUT2D eigenvalue weighted by Crippen LogP contribution is 2.18. The lowest BCUT2D eigenvalue weighted by molar-refractivity contribution is -0.138. The second-order valence-electron chi connectivity index (χ2n) is 7.08. The van der Waals surface area contributed by atoms with Crippen molar-refractivity contribution >= 4 is 27.0 Å². The molecule has 31 heavy (non-hydrogen) atoms. The number of imidazole rings is 1. The number of pyridine rings is 1. The average Bonchev–Trinajstić information content (AvgIpc) is 3.24. The van der Waals surface area contributed by atoms with E-state index in [9.17, 15) is 18.3 Å². The third kappa shape index (κ3) is 4.79. The van der Waals surface area contributed by atoms with Crippen LogP contribution in [-0.2, 0) is 27.7 Å². The maximum Gasteiger partial charge on any atom is 0.322 e. The second-order valence-corrected chi connectivity index (χ2v) is 8.79. The molecule has 0 bridgehead atoms. The molecule has 0 saturated heterocycles. The second kappa shape index (κ2) is 8.66. The molecule has 2 aromatic carbocycles. The highest BCUT2D eigenvalue weighted by atomic mass is 32.2. The maximum absolute atomic E-state index is 12.7. The van der Waals surface area contributed by atoms with Gasteiger partial charge < -0.3 is 10.1 Å². The molecule has 9 heteroatoms. The van der Waals surface area contributed by atoms with Crippen molar-refractivity contribution in [3.05, 3.63) is 90.0 Å².